The maximum absolute atomic E-state index is 13.3. The molecule has 21 heavy (non-hydrogen) atoms. The Morgan fingerprint density at radius 3 is 2.67 bits per heavy atom. The van der Waals surface area contributed by atoms with Crippen LogP contribution in [0.3, 0.4) is 0 Å². The van der Waals surface area contributed by atoms with Gasteiger partial charge in [-0.1, -0.05) is 0 Å². The molecular formula is C15H21FN2O3. The second kappa shape index (κ2) is 7.26. The van der Waals surface area contributed by atoms with Gasteiger partial charge in [0.2, 0.25) is 0 Å². The SMILES string of the molecule is COc1cc(F)cc(NC(=O)NC2CCC(CO)CC2)c1. The van der Waals surface area contributed by atoms with Crippen molar-refractivity contribution >= 4 is 11.7 Å². The topological polar surface area (TPSA) is 70.6 Å². The molecule has 1 saturated carbocycles. The van der Waals surface area contributed by atoms with E-state index in [0.29, 0.717) is 17.4 Å². The Bertz CT molecular complexity index is 488. The van der Waals surface area contributed by atoms with E-state index in [9.17, 15) is 9.18 Å². The van der Waals surface area contributed by atoms with Crippen LogP contribution in [-0.2, 0) is 0 Å². The second-order valence-electron chi connectivity index (χ2n) is 5.38. The van der Waals surface area contributed by atoms with Crippen LogP contribution in [-0.4, -0.2) is 30.9 Å². The summed E-state index contributed by atoms with van der Waals surface area (Å²) >= 11 is 0. The van der Waals surface area contributed by atoms with Crippen LogP contribution < -0.4 is 15.4 Å². The number of amides is 2. The molecule has 0 atom stereocenters. The molecule has 1 aromatic rings. The smallest absolute Gasteiger partial charge is 0.319 e. The van der Waals surface area contributed by atoms with Crippen molar-refractivity contribution in [1.29, 1.82) is 0 Å². The van der Waals surface area contributed by atoms with Gasteiger partial charge in [0, 0.05) is 30.5 Å². The summed E-state index contributed by atoms with van der Waals surface area (Å²) in [6, 6.07) is 3.80. The molecular weight excluding hydrogens is 275 g/mol. The number of carbonyl (C=O) groups is 1. The van der Waals surface area contributed by atoms with Gasteiger partial charge in [0.25, 0.3) is 0 Å². The van der Waals surface area contributed by atoms with E-state index in [-0.39, 0.29) is 18.7 Å². The summed E-state index contributed by atoms with van der Waals surface area (Å²) in [4.78, 5) is 11.9. The zero-order valence-electron chi connectivity index (χ0n) is 12.1. The van der Waals surface area contributed by atoms with E-state index in [0.717, 1.165) is 25.7 Å². The summed E-state index contributed by atoms with van der Waals surface area (Å²) in [7, 11) is 1.44. The Hall–Kier alpha value is -1.82. The Labute approximate surface area is 123 Å². The van der Waals surface area contributed by atoms with Gasteiger partial charge in [0.15, 0.2) is 0 Å². The molecule has 1 aliphatic carbocycles. The fourth-order valence-electron chi connectivity index (χ4n) is 2.59. The maximum Gasteiger partial charge on any atom is 0.319 e. The zero-order valence-corrected chi connectivity index (χ0v) is 12.1. The molecule has 2 rings (SSSR count). The van der Waals surface area contributed by atoms with E-state index in [1.807, 2.05) is 0 Å². The van der Waals surface area contributed by atoms with Crippen molar-refractivity contribution in [3.8, 4) is 5.75 Å². The third-order valence-electron chi connectivity index (χ3n) is 3.81. The number of halogens is 1. The highest BCUT2D eigenvalue weighted by Crippen LogP contribution is 2.24. The molecule has 6 heteroatoms. The molecule has 3 N–H and O–H groups in total. The molecule has 0 aliphatic heterocycles. The van der Waals surface area contributed by atoms with Crippen LogP contribution in [0.2, 0.25) is 0 Å². The lowest BCUT2D eigenvalue weighted by atomic mass is 9.87. The molecule has 5 nitrogen and oxygen atoms in total. The number of nitrogens with one attached hydrogen (secondary N) is 2. The first-order chi connectivity index (χ1) is 10.1. The van der Waals surface area contributed by atoms with Crippen LogP contribution in [0.4, 0.5) is 14.9 Å². The molecule has 2 amide bonds. The summed E-state index contributed by atoms with van der Waals surface area (Å²) in [5.74, 6) is 0.237. The van der Waals surface area contributed by atoms with Crippen LogP contribution in [0.5, 0.6) is 5.75 Å². The van der Waals surface area contributed by atoms with E-state index >= 15 is 0 Å². The van der Waals surface area contributed by atoms with Crippen LogP contribution in [0.15, 0.2) is 18.2 Å². The van der Waals surface area contributed by atoms with Gasteiger partial charge in [-0.25, -0.2) is 9.18 Å². The molecule has 0 radical (unpaired) electrons. The molecule has 116 valence electrons. The Balaban J connectivity index is 1.86. The van der Waals surface area contributed by atoms with Gasteiger partial charge in [0.1, 0.15) is 11.6 Å². The summed E-state index contributed by atoms with van der Waals surface area (Å²) in [6.45, 7) is 0.210. The third kappa shape index (κ3) is 4.60. The second-order valence-corrected chi connectivity index (χ2v) is 5.38. The maximum atomic E-state index is 13.3. The van der Waals surface area contributed by atoms with Crippen molar-refractivity contribution in [2.45, 2.75) is 31.7 Å². The highest BCUT2D eigenvalue weighted by atomic mass is 19.1. The van der Waals surface area contributed by atoms with E-state index in [1.54, 1.807) is 6.07 Å². The minimum atomic E-state index is -0.465. The lowest BCUT2D eigenvalue weighted by Crippen LogP contribution is -2.40. The number of carbonyl (C=O) groups excluding carboxylic acids is 1. The number of hydrogen-bond donors (Lipinski definition) is 3. The normalized spacial score (nSPS) is 21.7. The third-order valence-corrected chi connectivity index (χ3v) is 3.81. The van der Waals surface area contributed by atoms with Crippen molar-refractivity contribution in [2.75, 3.05) is 19.0 Å². The van der Waals surface area contributed by atoms with Gasteiger partial charge in [-0.2, -0.15) is 0 Å². The van der Waals surface area contributed by atoms with Crippen LogP contribution >= 0.6 is 0 Å². The van der Waals surface area contributed by atoms with Gasteiger partial charge < -0.3 is 20.5 Å². The monoisotopic (exact) mass is 296 g/mol. The van der Waals surface area contributed by atoms with Crippen molar-refractivity contribution in [3.05, 3.63) is 24.0 Å². The highest BCUT2D eigenvalue weighted by Gasteiger charge is 2.21. The Morgan fingerprint density at radius 2 is 2.05 bits per heavy atom. The molecule has 1 aromatic carbocycles. The summed E-state index contributed by atoms with van der Waals surface area (Å²) in [6.07, 6.45) is 3.53. The number of urea groups is 1. The molecule has 0 bridgehead atoms. The predicted octanol–water partition coefficient (Wildman–Crippen LogP) is 2.51. The average molecular weight is 296 g/mol. The first-order valence-corrected chi connectivity index (χ1v) is 7.13. The van der Waals surface area contributed by atoms with Crippen molar-refractivity contribution in [1.82, 2.24) is 5.32 Å². The van der Waals surface area contributed by atoms with Gasteiger partial charge in [-0.05, 0) is 37.7 Å². The van der Waals surface area contributed by atoms with Crippen LogP contribution in [0, 0.1) is 11.7 Å². The summed E-state index contributed by atoms with van der Waals surface area (Å²) in [5, 5.41) is 14.6. The number of rotatable bonds is 4. The number of benzene rings is 1. The summed E-state index contributed by atoms with van der Waals surface area (Å²) in [5.41, 5.74) is 0.355. The fourth-order valence-corrected chi connectivity index (χ4v) is 2.59. The van der Waals surface area contributed by atoms with E-state index in [2.05, 4.69) is 10.6 Å². The van der Waals surface area contributed by atoms with E-state index in [1.165, 1.54) is 19.2 Å². The Morgan fingerprint density at radius 1 is 1.33 bits per heavy atom. The first-order valence-electron chi connectivity index (χ1n) is 7.13. The quantitative estimate of drug-likeness (QED) is 0.799. The molecule has 0 unspecified atom stereocenters. The Kier molecular flexibility index (Phi) is 5.38. The van der Waals surface area contributed by atoms with Crippen LogP contribution in [0.25, 0.3) is 0 Å². The number of hydrogen-bond acceptors (Lipinski definition) is 3. The fraction of sp³-hybridized carbons (Fsp3) is 0.533. The van der Waals surface area contributed by atoms with Crippen molar-refractivity contribution < 1.29 is 19.0 Å². The number of ether oxygens (including phenoxy) is 1. The lowest BCUT2D eigenvalue weighted by molar-refractivity contribution is 0.176. The van der Waals surface area contributed by atoms with Crippen molar-refractivity contribution in [3.63, 3.8) is 0 Å². The standard InChI is InChI=1S/C15H21FN2O3/c1-21-14-7-11(16)6-13(8-14)18-15(20)17-12-4-2-10(9-19)3-5-12/h6-8,10,12,19H,2-5,9H2,1H3,(H2,17,18,20). The molecule has 0 aromatic heterocycles. The molecule has 1 aliphatic rings. The largest absolute Gasteiger partial charge is 0.497 e. The predicted molar refractivity (Wildman–Crippen MR) is 77.9 cm³/mol. The number of aliphatic hydroxyl groups excluding tert-OH is 1. The van der Waals surface area contributed by atoms with Gasteiger partial charge in [0.05, 0.1) is 7.11 Å². The molecule has 0 heterocycles. The van der Waals surface area contributed by atoms with Gasteiger partial charge in [-0.3, -0.25) is 0 Å². The van der Waals surface area contributed by atoms with Gasteiger partial charge in [-0.15, -0.1) is 0 Å². The van der Waals surface area contributed by atoms with Gasteiger partial charge >= 0.3 is 6.03 Å². The zero-order chi connectivity index (χ0) is 15.2. The molecule has 1 fully saturated rings. The molecule has 0 spiro atoms. The minimum Gasteiger partial charge on any atom is -0.497 e. The lowest BCUT2D eigenvalue weighted by Gasteiger charge is -2.27. The number of aliphatic hydroxyl groups is 1. The number of anilines is 1. The highest BCUT2D eigenvalue weighted by molar-refractivity contribution is 5.89. The van der Waals surface area contributed by atoms with E-state index < -0.39 is 5.82 Å². The summed E-state index contributed by atoms with van der Waals surface area (Å²) < 4.78 is 18.3. The minimum absolute atomic E-state index is 0.100. The van der Waals surface area contributed by atoms with Crippen molar-refractivity contribution in [2.24, 2.45) is 5.92 Å². The van der Waals surface area contributed by atoms with E-state index in [4.69, 9.17) is 9.84 Å². The average Bonchev–Trinajstić information content (AvgIpc) is 2.47. The number of methoxy groups -OCH3 is 1. The van der Waals surface area contributed by atoms with Crippen LogP contribution in [0.1, 0.15) is 25.7 Å². The molecule has 0 saturated heterocycles. The first kappa shape index (κ1) is 15.6.